The third-order valence-corrected chi connectivity index (χ3v) is 3.26. The highest BCUT2D eigenvalue weighted by Gasteiger charge is 2.03. The van der Waals surface area contributed by atoms with Crippen LogP contribution in [0.15, 0.2) is 11.6 Å². The molecule has 0 unspecified atom stereocenters. The van der Waals surface area contributed by atoms with Crippen molar-refractivity contribution < 1.29 is 0 Å². The second-order valence-corrected chi connectivity index (χ2v) is 4.34. The Bertz CT molecular complexity index is 397. The molecule has 0 saturated heterocycles. The number of aromatic nitrogens is 4. The lowest BCUT2D eigenvalue weighted by molar-refractivity contribution is 0.639. The van der Waals surface area contributed by atoms with E-state index in [9.17, 15) is 0 Å². The normalized spacial score (nSPS) is 10.8. The average molecular weight is 243 g/mol. The lowest BCUT2D eigenvalue weighted by Gasteiger charge is -1.94. The summed E-state index contributed by atoms with van der Waals surface area (Å²) in [5, 5.41) is 11.1. The Balaban J connectivity index is 2.07. The van der Waals surface area contributed by atoms with Crippen LogP contribution in [0.1, 0.15) is 23.3 Å². The molecule has 0 aromatic carbocycles. The molecule has 2 rings (SSSR count). The van der Waals surface area contributed by atoms with Gasteiger partial charge in [-0.25, -0.2) is 9.67 Å². The second-order valence-electron chi connectivity index (χ2n) is 3.13. The van der Waals surface area contributed by atoms with Gasteiger partial charge in [0.25, 0.3) is 0 Å². The van der Waals surface area contributed by atoms with Crippen molar-refractivity contribution in [2.75, 3.05) is 0 Å². The molecule has 0 aliphatic carbocycles. The number of alkyl halides is 1. The molecule has 4 nitrogen and oxygen atoms in total. The summed E-state index contributed by atoms with van der Waals surface area (Å²) in [6.07, 6.45) is 2.83. The molecule has 0 radical (unpaired) electrons. The van der Waals surface area contributed by atoms with Crippen molar-refractivity contribution in [3.8, 4) is 0 Å². The number of thiazole rings is 1. The molecule has 0 amide bonds. The fraction of sp³-hybridized carbons (Fsp3) is 0.444. The van der Waals surface area contributed by atoms with Crippen LogP contribution in [-0.4, -0.2) is 20.0 Å². The first kappa shape index (κ1) is 10.6. The Morgan fingerprint density at radius 2 is 2.33 bits per heavy atom. The summed E-state index contributed by atoms with van der Waals surface area (Å²) in [5.74, 6) is 0.400. The summed E-state index contributed by atoms with van der Waals surface area (Å²) in [4.78, 5) is 4.46. The summed E-state index contributed by atoms with van der Waals surface area (Å²) in [7, 11) is 0. The summed E-state index contributed by atoms with van der Waals surface area (Å²) in [5.41, 5.74) is 1.82. The standard InChI is InChI=1S/C9H11ClN4S/c1-2-9-11-8(6-15-9)5-14-4-7(3-10)12-13-14/h4,6H,2-3,5H2,1H3. The largest absolute Gasteiger partial charge is 0.246 e. The Hall–Kier alpha value is -0.940. The molecule has 0 aliphatic rings. The molecule has 2 aromatic heterocycles. The maximum atomic E-state index is 5.64. The third kappa shape index (κ3) is 2.54. The van der Waals surface area contributed by atoms with Crippen LogP contribution in [0.5, 0.6) is 0 Å². The highest BCUT2D eigenvalue weighted by Crippen LogP contribution is 2.11. The van der Waals surface area contributed by atoms with Crippen LogP contribution in [0.4, 0.5) is 0 Å². The molecule has 0 saturated carbocycles. The number of halogens is 1. The molecule has 2 aromatic rings. The molecule has 0 atom stereocenters. The predicted molar refractivity (Wildman–Crippen MR) is 60.2 cm³/mol. The van der Waals surface area contributed by atoms with E-state index in [0.29, 0.717) is 12.4 Å². The monoisotopic (exact) mass is 242 g/mol. The van der Waals surface area contributed by atoms with Gasteiger partial charge in [0, 0.05) is 5.38 Å². The van der Waals surface area contributed by atoms with E-state index in [1.165, 1.54) is 0 Å². The molecular weight excluding hydrogens is 232 g/mol. The summed E-state index contributed by atoms with van der Waals surface area (Å²) >= 11 is 7.32. The summed E-state index contributed by atoms with van der Waals surface area (Å²) in [6, 6.07) is 0. The smallest absolute Gasteiger partial charge is 0.0974 e. The van der Waals surface area contributed by atoms with E-state index in [1.807, 2.05) is 6.20 Å². The first-order valence-electron chi connectivity index (χ1n) is 4.70. The molecule has 15 heavy (non-hydrogen) atoms. The molecular formula is C9H11ClN4S. The van der Waals surface area contributed by atoms with Crippen LogP contribution >= 0.6 is 22.9 Å². The Labute approximate surface area is 96.9 Å². The van der Waals surface area contributed by atoms with Gasteiger partial charge in [-0.2, -0.15) is 0 Å². The van der Waals surface area contributed by atoms with Crippen LogP contribution in [0.25, 0.3) is 0 Å². The van der Waals surface area contributed by atoms with Gasteiger partial charge in [-0.15, -0.1) is 28.0 Å². The quantitative estimate of drug-likeness (QED) is 0.771. The van der Waals surface area contributed by atoms with Gasteiger partial charge >= 0.3 is 0 Å². The van der Waals surface area contributed by atoms with Gasteiger partial charge in [0.05, 0.1) is 35.0 Å². The first-order valence-corrected chi connectivity index (χ1v) is 6.11. The van der Waals surface area contributed by atoms with Gasteiger partial charge in [0.15, 0.2) is 0 Å². The fourth-order valence-corrected chi connectivity index (χ4v) is 2.09. The van der Waals surface area contributed by atoms with E-state index in [0.717, 1.165) is 22.8 Å². The second kappa shape index (κ2) is 4.72. The predicted octanol–water partition coefficient (Wildman–Crippen LogP) is 2.08. The van der Waals surface area contributed by atoms with E-state index in [2.05, 4.69) is 27.6 Å². The van der Waals surface area contributed by atoms with E-state index in [1.54, 1.807) is 16.0 Å². The van der Waals surface area contributed by atoms with Crippen molar-refractivity contribution in [2.45, 2.75) is 25.8 Å². The van der Waals surface area contributed by atoms with Crippen molar-refractivity contribution in [1.82, 2.24) is 20.0 Å². The van der Waals surface area contributed by atoms with Crippen molar-refractivity contribution in [3.63, 3.8) is 0 Å². The van der Waals surface area contributed by atoms with Gasteiger partial charge < -0.3 is 0 Å². The van der Waals surface area contributed by atoms with E-state index >= 15 is 0 Å². The maximum absolute atomic E-state index is 5.64. The van der Waals surface area contributed by atoms with Gasteiger partial charge in [-0.05, 0) is 6.42 Å². The number of hydrogen-bond acceptors (Lipinski definition) is 4. The third-order valence-electron chi connectivity index (χ3n) is 1.95. The maximum Gasteiger partial charge on any atom is 0.0974 e. The topological polar surface area (TPSA) is 43.6 Å². The van der Waals surface area contributed by atoms with Crippen LogP contribution in [0, 0.1) is 0 Å². The number of rotatable bonds is 4. The SMILES string of the molecule is CCc1nc(Cn2cc(CCl)nn2)cs1. The van der Waals surface area contributed by atoms with Gasteiger partial charge in [0.2, 0.25) is 0 Å². The van der Waals surface area contributed by atoms with Gasteiger partial charge in [0.1, 0.15) is 0 Å². The van der Waals surface area contributed by atoms with Crippen molar-refractivity contribution in [1.29, 1.82) is 0 Å². The number of aryl methyl sites for hydroxylation is 1. The number of hydrogen-bond donors (Lipinski definition) is 0. The fourth-order valence-electron chi connectivity index (χ4n) is 1.23. The summed E-state index contributed by atoms with van der Waals surface area (Å²) < 4.78 is 1.76. The molecule has 0 aliphatic heterocycles. The van der Waals surface area contributed by atoms with Gasteiger partial charge in [-0.1, -0.05) is 12.1 Å². The highest BCUT2D eigenvalue weighted by atomic mass is 35.5. The molecule has 0 N–H and O–H groups in total. The van der Waals surface area contributed by atoms with Crippen molar-refractivity contribution >= 4 is 22.9 Å². The summed E-state index contributed by atoms with van der Waals surface area (Å²) in [6.45, 7) is 2.77. The van der Waals surface area contributed by atoms with E-state index in [4.69, 9.17) is 11.6 Å². The van der Waals surface area contributed by atoms with Crippen molar-refractivity contribution in [3.05, 3.63) is 28.0 Å². The van der Waals surface area contributed by atoms with E-state index < -0.39 is 0 Å². The minimum Gasteiger partial charge on any atom is -0.246 e. The van der Waals surface area contributed by atoms with E-state index in [-0.39, 0.29) is 0 Å². The lowest BCUT2D eigenvalue weighted by Crippen LogP contribution is -2.00. The molecule has 80 valence electrons. The van der Waals surface area contributed by atoms with Crippen LogP contribution in [-0.2, 0) is 18.8 Å². The zero-order valence-corrected chi connectivity index (χ0v) is 9.92. The van der Waals surface area contributed by atoms with Crippen molar-refractivity contribution in [2.24, 2.45) is 0 Å². The Morgan fingerprint density at radius 1 is 1.47 bits per heavy atom. The molecule has 0 spiro atoms. The minimum atomic E-state index is 0.400. The van der Waals surface area contributed by atoms with Crippen LogP contribution < -0.4 is 0 Å². The minimum absolute atomic E-state index is 0.400. The average Bonchev–Trinajstić information content (AvgIpc) is 2.87. The lowest BCUT2D eigenvalue weighted by atomic mass is 10.4. The highest BCUT2D eigenvalue weighted by molar-refractivity contribution is 7.09. The first-order chi connectivity index (χ1) is 7.31. The number of nitrogens with zero attached hydrogens (tertiary/aromatic N) is 4. The van der Waals surface area contributed by atoms with Crippen LogP contribution in [0.2, 0.25) is 0 Å². The molecule has 6 heteroatoms. The molecule has 2 heterocycles. The molecule has 0 bridgehead atoms. The van der Waals surface area contributed by atoms with Gasteiger partial charge in [-0.3, -0.25) is 0 Å². The Morgan fingerprint density at radius 3 is 2.93 bits per heavy atom. The molecule has 0 fully saturated rings. The zero-order chi connectivity index (χ0) is 10.7. The van der Waals surface area contributed by atoms with Crippen LogP contribution in [0.3, 0.4) is 0 Å². The Kier molecular flexibility index (Phi) is 3.33. The zero-order valence-electron chi connectivity index (χ0n) is 8.35.